The molecule has 3 N–H and O–H groups in total. The first-order valence-electron chi connectivity index (χ1n) is 9.96. The third-order valence-corrected chi connectivity index (χ3v) is 6.91. The molecule has 1 aliphatic carbocycles. The number of anilines is 1. The quantitative estimate of drug-likeness (QED) is 0.624. The fourth-order valence-electron chi connectivity index (χ4n) is 4.16. The Morgan fingerprint density at radius 2 is 1.86 bits per heavy atom. The first kappa shape index (κ1) is 21.3. The van der Waals surface area contributed by atoms with Gasteiger partial charge in [-0.25, -0.2) is 8.42 Å². The summed E-state index contributed by atoms with van der Waals surface area (Å²) >= 11 is 0. The van der Waals surface area contributed by atoms with Gasteiger partial charge < -0.3 is 10.4 Å². The number of nitrogens with one attached hydrogen (secondary N) is 2. The lowest BCUT2D eigenvalue weighted by molar-refractivity contribution is -0.140. The summed E-state index contributed by atoms with van der Waals surface area (Å²) in [6, 6.07) is 6.05. The van der Waals surface area contributed by atoms with E-state index in [1.165, 1.54) is 12.1 Å². The smallest absolute Gasteiger partial charge is 0.303 e. The molecule has 0 atom stereocenters. The maximum absolute atomic E-state index is 12.6. The molecule has 2 aliphatic rings. The third kappa shape index (κ3) is 5.79. The highest BCUT2D eigenvalue weighted by atomic mass is 32.2. The number of hydrogen-bond donors (Lipinski definition) is 3. The van der Waals surface area contributed by atoms with Crippen molar-refractivity contribution in [3.05, 3.63) is 24.3 Å². The van der Waals surface area contributed by atoms with Crippen molar-refractivity contribution in [1.29, 1.82) is 0 Å². The van der Waals surface area contributed by atoms with Crippen molar-refractivity contribution in [2.45, 2.75) is 62.7 Å². The van der Waals surface area contributed by atoms with Crippen LogP contribution in [0, 0.1) is 5.41 Å². The van der Waals surface area contributed by atoms with E-state index < -0.39 is 21.4 Å². The van der Waals surface area contributed by atoms with Gasteiger partial charge in [0, 0.05) is 25.1 Å². The maximum Gasteiger partial charge on any atom is 0.303 e. The zero-order valence-corrected chi connectivity index (χ0v) is 17.1. The van der Waals surface area contributed by atoms with Crippen LogP contribution in [0.1, 0.15) is 57.8 Å². The first-order chi connectivity index (χ1) is 13.8. The van der Waals surface area contributed by atoms with Crippen LogP contribution in [-0.4, -0.2) is 37.8 Å². The Hall–Kier alpha value is -2.42. The molecule has 1 aromatic rings. The van der Waals surface area contributed by atoms with E-state index in [1.54, 1.807) is 12.1 Å². The second-order valence-electron chi connectivity index (χ2n) is 7.92. The van der Waals surface area contributed by atoms with Crippen molar-refractivity contribution >= 4 is 33.4 Å². The second kappa shape index (κ2) is 8.94. The Balaban J connectivity index is 1.69. The summed E-state index contributed by atoms with van der Waals surface area (Å²) in [6.45, 7) is 0.617. The van der Waals surface area contributed by atoms with Gasteiger partial charge in [0.25, 0.3) is 10.0 Å². The molecular weight excluding hydrogens is 394 g/mol. The summed E-state index contributed by atoms with van der Waals surface area (Å²) in [6.07, 6.45) is 5.84. The molecule has 0 saturated heterocycles. The molecule has 0 aromatic heterocycles. The van der Waals surface area contributed by atoms with Crippen molar-refractivity contribution in [3.63, 3.8) is 0 Å². The lowest BCUT2D eigenvalue weighted by Gasteiger charge is -2.35. The number of aliphatic carboxylic acids is 1. The van der Waals surface area contributed by atoms with Gasteiger partial charge in [0.2, 0.25) is 5.91 Å². The number of amidine groups is 1. The number of aliphatic imine (C=N–C) groups is 1. The number of benzene rings is 1. The number of carbonyl (C=O) groups excluding carboxylic acids is 1. The molecule has 158 valence electrons. The average Bonchev–Trinajstić information content (AvgIpc) is 3.14. The highest BCUT2D eigenvalue weighted by molar-refractivity contribution is 7.90. The van der Waals surface area contributed by atoms with Crippen molar-refractivity contribution < 1.29 is 23.1 Å². The normalized spacial score (nSPS) is 18.7. The summed E-state index contributed by atoms with van der Waals surface area (Å²) in [4.78, 5) is 28.1. The number of hydrogen-bond acceptors (Lipinski definition) is 5. The lowest BCUT2D eigenvalue weighted by atomic mass is 9.69. The predicted molar refractivity (Wildman–Crippen MR) is 109 cm³/mol. The molecule has 1 aliphatic heterocycles. The minimum Gasteiger partial charge on any atom is -0.481 e. The van der Waals surface area contributed by atoms with Gasteiger partial charge in [0.1, 0.15) is 5.84 Å². The maximum atomic E-state index is 12.6. The molecular formula is C20H27N3O5S. The molecule has 29 heavy (non-hydrogen) atoms. The van der Waals surface area contributed by atoms with E-state index >= 15 is 0 Å². The highest BCUT2D eigenvalue weighted by Gasteiger charge is 2.36. The molecule has 0 radical (unpaired) electrons. The van der Waals surface area contributed by atoms with Gasteiger partial charge in [0.05, 0.1) is 11.3 Å². The summed E-state index contributed by atoms with van der Waals surface area (Å²) in [5.74, 6) is -0.739. The molecule has 1 saturated carbocycles. The first-order valence-corrected chi connectivity index (χ1v) is 11.4. The van der Waals surface area contributed by atoms with E-state index in [-0.39, 0.29) is 23.6 Å². The topological polar surface area (TPSA) is 125 Å². The van der Waals surface area contributed by atoms with Crippen molar-refractivity contribution in [2.24, 2.45) is 10.4 Å². The van der Waals surface area contributed by atoms with E-state index in [1.807, 2.05) is 0 Å². The van der Waals surface area contributed by atoms with Gasteiger partial charge in [-0.05, 0) is 42.9 Å². The Morgan fingerprint density at radius 3 is 2.52 bits per heavy atom. The largest absolute Gasteiger partial charge is 0.481 e. The Kier molecular flexibility index (Phi) is 6.56. The zero-order chi connectivity index (χ0) is 20.9. The van der Waals surface area contributed by atoms with E-state index in [9.17, 15) is 23.1 Å². The van der Waals surface area contributed by atoms with Crippen molar-refractivity contribution in [2.75, 3.05) is 11.9 Å². The number of rotatable bonds is 7. The molecule has 3 rings (SSSR count). The van der Waals surface area contributed by atoms with Crippen LogP contribution in [-0.2, 0) is 19.6 Å². The van der Waals surface area contributed by atoms with E-state index in [4.69, 9.17) is 0 Å². The van der Waals surface area contributed by atoms with Gasteiger partial charge in [-0.15, -0.1) is 0 Å². The van der Waals surface area contributed by atoms with Crippen LogP contribution in [0.3, 0.4) is 0 Å². The number of nitrogens with zero attached hydrogens (tertiary/aromatic N) is 1. The fraction of sp³-hybridized carbons (Fsp3) is 0.550. The molecule has 0 spiro atoms. The SMILES string of the molecule is O=C(O)CC1(CC(=O)Nc2cccc(S(=O)(=O)NC3=NCCC3)c2)CCCCC1. The Labute approximate surface area is 170 Å². The van der Waals surface area contributed by atoms with Crippen LogP contribution in [0.5, 0.6) is 0 Å². The Morgan fingerprint density at radius 1 is 1.10 bits per heavy atom. The van der Waals surface area contributed by atoms with E-state index in [0.717, 1.165) is 25.7 Å². The highest BCUT2D eigenvalue weighted by Crippen LogP contribution is 2.42. The second-order valence-corrected chi connectivity index (χ2v) is 9.60. The number of carboxylic acids is 1. The fourth-order valence-corrected chi connectivity index (χ4v) is 5.30. The van der Waals surface area contributed by atoms with E-state index in [2.05, 4.69) is 15.0 Å². The molecule has 1 heterocycles. The molecule has 1 fully saturated rings. The summed E-state index contributed by atoms with van der Waals surface area (Å²) in [5, 5.41) is 12.0. The van der Waals surface area contributed by atoms with Crippen LogP contribution in [0.15, 0.2) is 34.2 Å². The summed E-state index contributed by atoms with van der Waals surface area (Å²) in [7, 11) is -3.77. The molecule has 1 aromatic carbocycles. The van der Waals surface area contributed by atoms with Crippen LogP contribution in [0.2, 0.25) is 0 Å². The average molecular weight is 422 g/mol. The third-order valence-electron chi connectivity index (χ3n) is 5.53. The van der Waals surface area contributed by atoms with Gasteiger partial charge in [-0.1, -0.05) is 25.3 Å². The van der Waals surface area contributed by atoms with Gasteiger partial charge in [0.15, 0.2) is 0 Å². The predicted octanol–water partition coefficient (Wildman–Crippen LogP) is 2.91. The monoisotopic (exact) mass is 421 g/mol. The summed E-state index contributed by atoms with van der Waals surface area (Å²) < 4.78 is 27.6. The number of amides is 1. The van der Waals surface area contributed by atoms with Crippen molar-refractivity contribution in [1.82, 2.24) is 4.72 Å². The van der Waals surface area contributed by atoms with Gasteiger partial charge in [-0.2, -0.15) is 0 Å². The number of sulfonamides is 1. The van der Waals surface area contributed by atoms with Crippen LogP contribution < -0.4 is 10.0 Å². The van der Waals surface area contributed by atoms with Crippen molar-refractivity contribution in [3.8, 4) is 0 Å². The minimum absolute atomic E-state index is 0.0269. The number of carbonyl (C=O) groups is 2. The van der Waals surface area contributed by atoms with Crippen LogP contribution in [0.25, 0.3) is 0 Å². The molecule has 9 heteroatoms. The van der Waals surface area contributed by atoms with Crippen LogP contribution in [0.4, 0.5) is 5.69 Å². The van der Waals surface area contributed by atoms with Gasteiger partial charge >= 0.3 is 5.97 Å². The molecule has 1 amide bonds. The Bertz CT molecular complexity index is 904. The van der Waals surface area contributed by atoms with E-state index in [0.29, 0.717) is 37.3 Å². The molecule has 8 nitrogen and oxygen atoms in total. The zero-order valence-electron chi connectivity index (χ0n) is 16.3. The molecule has 0 unspecified atom stereocenters. The lowest BCUT2D eigenvalue weighted by Crippen LogP contribution is -2.32. The minimum atomic E-state index is -3.77. The van der Waals surface area contributed by atoms with Crippen LogP contribution >= 0.6 is 0 Å². The molecule has 0 bridgehead atoms. The summed E-state index contributed by atoms with van der Waals surface area (Å²) in [5.41, 5.74) is -0.160. The van der Waals surface area contributed by atoms with Gasteiger partial charge in [-0.3, -0.25) is 19.3 Å². The standard InChI is InChI=1S/C20H27N3O5S/c24-18(13-20(14-19(25)26)9-2-1-3-10-20)22-15-6-4-7-16(12-15)29(27,28)23-17-8-5-11-21-17/h4,6-7,12H,1-3,5,8-11,13-14H2,(H,21,23)(H,22,24)(H,25,26). The number of carboxylic acid groups (broad SMARTS) is 1.